The molecule has 0 radical (unpaired) electrons. The molecule has 2 aromatic heterocycles. The van der Waals surface area contributed by atoms with Gasteiger partial charge in [0.1, 0.15) is 12.1 Å². The average molecular weight is 505 g/mol. The third-order valence-corrected chi connectivity index (χ3v) is 6.15. The van der Waals surface area contributed by atoms with Crippen LogP contribution in [0, 0.1) is 0 Å². The van der Waals surface area contributed by atoms with Crippen molar-refractivity contribution in [2.24, 2.45) is 5.10 Å². The van der Waals surface area contributed by atoms with E-state index in [0.717, 1.165) is 11.1 Å². The number of benzene rings is 2. The first-order valence-electron chi connectivity index (χ1n) is 10.7. The normalized spacial score (nSPS) is 13.1. The van der Waals surface area contributed by atoms with Crippen LogP contribution in [-0.4, -0.2) is 39.1 Å². The van der Waals surface area contributed by atoms with Crippen LogP contribution in [-0.2, 0) is 6.42 Å². The molecule has 0 unspecified atom stereocenters. The zero-order chi connectivity index (χ0) is 24.4. The van der Waals surface area contributed by atoms with E-state index in [2.05, 4.69) is 20.4 Å². The molecule has 1 aliphatic heterocycles. The summed E-state index contributed by atoms with van der Waals surface area (Å²) in [6.45, 7) is 0.376. The number of hydrazone groups is 1. The predicted molar refractivity (Wildman–Crippen MR) is 135 cm³/mol. The number of nitrogens with one attached hydrogen (secondary N) is 1. The minimum absolute atomic E-state index is 0.123. The highest BCUT2D eigenvalue weighted by Gasteiger charge is 2.20. The number of ketones is 1. The van der Waals surface area contributed by atoms with Crippen molar-refractivity contribution >= 4 is 46.9 Å². The maximum Gasteiger partial charge on any atom is 0.342 e. The van der Waals surface area contributed by atoms with E-state index < -0.39 is 0 Å². The summed E-state index contributed by atoms with van der Waals surface area (Å²) in [6.07, 6.45) is 8.70. The lowest BCUT2D eigenvalue weighted by Gasteiger charge is -2.22. The molecule has 1 aliphatic rings. The number of urea groups is 1. The molecule has 0 atom stereocenters. The molecular formula is C25H18Cl2N6O2. The molecule has 5 rings (SSSR count). The Morgan fingerprint density at radius 2 is 1.77 bits per heavy atom. The number of imidazole rings is 1. The topological polar surface area (TPSA) is 92.5 Å². The van der Waals surface area contributed by atoms with E-state index in [1.54, 1.807) is 72.1 Å². The van der Waals surface area contributed by atoms with Crippen molar-refractivity contribution in [3.63, 3.8) is 0 Å². The second-order valence-corrected chi connectivity index (χ2v) is 8.58. The fraction of sp³-hybridized carbons (Fsp3) is 0.0800. The number of nitrogens with zero attached hydrogens (tertiary/aromatic N) is 5. The summed E-state index contributed by atoms with van der Waals surface area (Å²) >= 11 is 13.0. The summed E-state index contributed by atoms with van der Waals surface area (Å²) in [5.41, 5.74) is 3.17. The Kier molecular flexibility index (Phi) is 6.31. The fourth-order valence-electron chi connectivity index (χ4n) is 3.66. The lowest BCUT2D eigenvalue weighted by molar-refractivity contribution is 0.103. The Labute approximate surface area is 210 Å². The van der Waals surface area contributed by atoms with E-state index in [9.17, 15) is 9.59 Å². The lowest BCUT2D eigenvalue weighted by Crippen LogP contribution is -2.41. The van der Waals surface area contributed by atoms with Crippen molar-refractivity contribution in [1.82, 2.24) is 19.9 Å². The molecule has 0 fully saturated rings. The zero-order valence-corrected chi connectivity index (χ0v) is 19.7. The van der Waals surface area contributed by atoms with Crippen LogP contribution in [0.3, 0.4) is 0 Å². The molecule has 10 heteroatoms. The molecule has 0 spiro atoms. The molecule has 8 nitrogen and oxygen atoms in total. The van der Waals surface area contributed by atoms with Crippen molar-refractivity contribution in [2.45, 2.75) is 6.42 Å². The first-order valence-corrected chi connectivity index (χ1v) is 11.4. The minimum atomic E-state index is -0.348. The Balaban J connectivity index is 1.31. The highest BCUT2D eigenvalue weighted by atomic mass is 35.5. The van der Waals surface area contributed by atoms with E-state index in [0.29, 0.717) is 45.6 Å². The highest BCUT2D eigenvalue weighted by Crippen LogP contribution is 2.33. The van der Waals surface area contributed by atoms with Gasteiger partial charge >= 0.3 is 6.03 Å². The smallest absolute Gasteiger partial charge is 0.331 e. The van der Waals surface area contributed by atoms with Crippen LogP contribution in [0.1, 0.15) is 27.0 Å². The molecule has 1 N–H and O–H groups in total. The van der Waals surface area contributed by atoms with Crippen LogP contribution in [0.5, 0.6) is 0 Å². The van der Waals surface area contributed by atoms with Gasteiger partial charge in [0.15, 0.2) is 5.78 Å². The number of hydrogen-bond donors (Lipinski definition) is 1. The van der Waals surface area contributed by atoms with Gasteiger partial charge in [-0.2, -0.15) is 10.1 Å². The molecule has 0 bridgehead atoms. The third-order valence-electron chi connectivity index (χ3n) is 5.48. The van der Waals surface area contributed by atoms with Crippen LogP contribution >= 0.6 is 23.2 Å². The van der Waals surface area contributed by atoms with Gasteiger partial charge in [0.25, 0.3) is 0 Å². The van der Waals surface area contributed by atoms with E-state index >= 15 is 0 Å². The standard InChI is InChI=1S/C25H18Cl2N6O2/c26-21-12-19(33-25(35)29-7-8-31-33)13-22(27)20(21)11-16-1-3-17(4-2-16)24(34)18-5-6-23(30-14-18)32-10-9-28-15-32/h1-6,8-10,12-15H,7,11H2,(H,29,35). The second kappa shape index (κ2) is 9.69. The average Bonchev–Trinajstić information content (AvgIpc) is 3.42. The summed E-state index contributed by atoms with van der Waals surface area (Å²) in [7, 11) is 0. The van der Waals surface area contributed by atoms with Crippen LogP contribution in [0.2, 0.25) is 10.0 Å². The SMILES string of the molecule is O=C(c1ccc(Cc2c(Cl)cc(N3N=CCNC3=O)cc2Cl)cc1)c1ccc(-n2ccnc2)nc1. The van der Waals surface area contributed by atoms with Gasteiger partial charge in [0.2, 0.25) is 0 Å². The molecule has 4 aromatic rings. The van der Waals surface area contributed by atoms with Gasteiger partial charge in [-0.1, -0.05) is 47.5 Å². The summed E-state index contributed by atoms with van der Waals surface area (Å²) in [6, 6.07) is 13.7. The lowest BCUT2D eigenvalue weighted by atomic mass is 10.00. The highest BCUT2D eigenvalue weighted by molar-refractivity contribution is 6.36. The van der Waals surface area contributed by atoms with Crippen molar-refractivity contribution in [2.75, 3.05) is 11.6 Å². The number of halogens is 2. The van der Waals surface area contributed by atoms with Crippen molar-refractivity contribution < 1.29 is 9.59 Å². The first-order chi connectivity index (χ1) is 17.0. The van der Waals surface area contributed by atoms with Gasteiger partial charge in [-0.05, 0) is 35.4 Å². The van der Waals surface area contributed by atoms with Gasteiger partial charge in [-0.15, -0.1) is 0 Å². The molecule has 0 aliphatic carbocycles. The van der Waals surface area contributed by atoms with Gasteiger partial charge in [0.05, 0.1) is 12.2 Å². The Bertz CT molecular complexity index is 1390. The van der Waals surface area contributed by atoms with Crippen LogP contribution in [0.15, 0.2) is 78.6 Å². The molecule has 3 heterocycles. The van der Waals surface area contributed by atoms with E-state index in [4.69, 9.17) is 23.2 Å². The van der Waals surface area contributed by atoms with Crippen LogP contribution < -0.4 is 10.3 Å². The van der Waals surface area contributed by atoms with Gasteiger partial charge < -0.3 is 5.32 Å². The fourth-order valence-corrected chi connectivity index (χ4v) is 4.27. The quantitative estimate of drug-likeness (QED) is 0.377. The van der Waals surface area contributed by atoms with Gasteiger partial charge in [0, 0.05) is 52.4 Å². The number of carbonyl (C=O) groups excluding carboxylic acids is 2. The molecule has 174 valence electrons. The summed E-state index contributed by atoms with van der Waals surface area (Å²) < 4.78 is 1.76. The summed E-state index contributed by atoms with van der Waals surface area (Å²) in [5, 5.41) is 8.81. The van der Waals surface area contributed by atoms with Crippen molar-refractivity contribution in [3.05, 3.63) is 106 Å². The molecule has 2 aromatic carbocycles. The van der Waals surface area contributed by atoms with Crippen molar-refractivity contribution in [1.29, 1.82) is 0 Å². The number of aromatic nitrogens is 3. The monoisotopic (exact) mass is 504 g/mol. The van der Waals surface area contributed by atoms with Gasteiger partial charge in [-0.25, -0.2) is 14.8 Å². The van der Waals surface area contributed by atoms with E-state index in [1.165, 1.54) is 5.01 Å². The van der Waals surface area contributed by atoms with Crippen LogP contribution in [0.25, 0.3) is 5.82 Å². The number of anilines is 1. The first kappa shape index (κ1) is 22.8. The van der Waals surface area contributed by atoms with Gasteiger partial charge in [-0.3, -0.25) is 9.36 Å². The number of pyridine rings is 1. The zero-order valence-electron chi connectivity index (χ0n) is 18.2. The Hall–Kier alpha value is -4.01. The summed E-state index contributed by atoms with van der Waals surface area (Å²) in [5.74, 6) is 0.559. The maximum atomic E-state index is 12.9. The van der Waals surface area contributed by atoms with Crippen molar-refractivity contribution in [3.8, 4) is 5.82 Å². The minimum Gasteiger partial charge on any atom is -0.331 e. The Morgan fingerprint density at radius 1 is 1.03 bits per heavy atom. The number of carbonyl (C=O) groups is 2. The molecule has 0 saturated carbocycles. The molecule has 35 heavy (non-hydrogen) atoms. The van der Waals surface area contributed by atoms with Crippen LogP contribution in [0.4, 0.5) is 10.5 Å². The molecular weight excluding hydrogens is 487 g/mol. The molecule has 2 amide bonds. The van der Waals surface area contributed by atoms with E-state index in [-0.39, 0.29) is 11.8 Å². The predicted octanol–water partition coefficient (Wildman–Crippen LogP) is 4.91. The summed E-state index contributed by atoms with van der Waals surface area (Å²) in [4.78, 5) is 33.3. The largest absolute Gasteiger partial charge is 0.342 e. The number of hydrogen-bond acceptors (Lipinski definition) is 5. The number of rotatable bonds is 6. The van der Waals surface area contributed by atoms with E-state index in [1.807, 2.05) is 12.1 Å². The third kappa shape index (κ3) is 4.80. The maximum absolute atomic E-state index is 12.9. The Morgan fingerprint density at radius 3 is 2.40 bits per heavy atom. The molecule has 0 saturated heterocycles. The second-order valence-electron chi connectivity index (χ2n) is 7.76. The number of amides is 2.